The number of rotatable bonds is 8. The van der Waals surface area contributed by atoms with E-state index in [2.05, 4.69) is 0 Å². The van der Waals surface area contributed by atoms with Crippen molar-refractivity contribution in [3.8, 4) is 11.5 Å². The number of ether oxygens (including phenoxy) is 2. The van der Waals surface area contributed by atoms with Crippen molar-refractivity contribution in [3.05, 3.63) is 23.5 Å². The first-order chi connectivity index (χ1) is 14.0. The molecule has 1 unspecified atom stereocenters. The van der Waals surface area contributed by atoms with Gasteiger partial charge in [0.05, 0.1) is 13.2 Å². The van der Waals surface area contributed by atoms with Gasteiger partial charge in [-0.05, 0) is 58.1 Å². The third-order valence-electron chi connectivity index (χ3n) is 5.41. The molecule has 0 radical (unpaired) electrons. The van der Waals surface area contributed by atoms with Crippen molar-refractivity contribution in [1.82, 2.24) is 4.90 Å². The molecule has 1 aromatic carbocycles. The van der Waals surface area contributed by atoms with E-state index in [0.717, 1.165) is 23.8 Å². The first-order valence-corrected chi connectivity index (χ1v) is 10.4. The molecule has 1 fully saturated rings. The second-order valence-corrected chi connectivity index (χ2v) is 7.46. The Balaban J connectivity index is 1.88. The molecular formula is C22H30N2O5. The van der Waals surface area contributed by atoms with Crippen LogP contribution in [0, 0.1) is 12.8 Å². The van der Waals surface area contributed by atoms with Crippen LogP contribution in [0.4, 0.5) is 0 Å². The van der Waals surface area contributed by atoms with Gasteiger partial charge in [0.2, 0.25) is 11.7 Å². The predicted molar refractivity (Wildman–Crippen MR) is 110 cm³/mol. The van der Waals surface area contributed by atoms with Gasteiger partial charge in [-0.3, -0.25) is 9.59 Å². The molecule has 7 heteroatoms. The van der Waals surface area contributed by atoms with Crippen molar-refractivity contribution < 1.29 is 23.5 Å². The van der Waals surface area contributed by atoms with Crippen LogP contribution in [0.25, 0.3) is 11.0 Å². The number of hydrogen-bond acceptors (Lipinski definition) is 5. The van der Waals surface area contributed by atoms with E-state index in [1.54, 1.807) is 0 Å². The van der Waals surface area contributed by atoms with Gasteiger partial charge in [-0.1, -0.05) is 0 Å². The number of benzene rings is 1. The number of amides is 2. The average molecular weight is 402 g/mol. The van der Waals surface area contributed by atoms with Crippen LogP contribution in [0.15, 0.2) is 16.5 Å². The lowest BCUT2D eigenvalue weighted by Crippen LogP contribution is -2.40. The van der Waals surface area contributed by atoms with E-state index in [9.17, 15) is 9.59 Å². The average Bonchev–Trinajstić information content (AvgIpc) is 3.05. The lowest BCUT2D eigenvalue weighted by molar-refractivity contribution is -0.118. The Hall–Kier alpha value is -2.70. The van der Waals surface area contributed by atoms with Crippen molar-refractivity contribution in [3.63, 3.8) is 0 Å². The highest BCUT2D eigenvalue weighted by atomic mass is 16.5. The number of furan rings is 1. The number of fused-ring (bicyclic) bond motifs is 1. The summed E-state index contributed by atoms with van der Waals surface area (Å²) in [7, 11) is 0. The number of carbonyl (C=O) groups excluding carboxylic acids is 2. The highest BCUT2D eigenvalue weighted by Crippen LogP contribution is 2.40. The van der Waals surface area contributed by atoms with Crippen LogP contribution in [0.2, 0.25) is 0 Å². The number of likely N-dealkylation sites (tertiary alicyclic amines) is 1. The Kier molecular flexibility index (Phi) is 6.67. The summed E-state index contributed by atoms with van der Waals surface area (Å²) in [4.78, 5) is 26.1. The smallest absolute Gasteiger partial charge is 0.289 e. The monoisotopic (exact) mass is 402 g/mol. The highest BCUT2D eigenvalue weighted by molar-refractivity contribution is 6.00. The maximum Gasteiger partial charge on any atom is 0.289 e. The fourth-order valence-corrected chi connectivity index (χ4v) is 3.97. The summed E-state index contributed by atoms with van der Waals surface area (Å²) in [6, 6.07) is 3.76. The minimum Gasteiger partial charge on any atom is -0.490 e. The molecule has 1 aliphatic heterocycles. The molecule has 1 atom stereocenters. The molecule has 2 aromatic rings. The van der Waals surface area contributed by atoms with Crippen LogP contribution in [0.1, 0.15) is 55.6 Å². The van der Waals surface area contributed by atoms with Crippen molar-refractivity contribution in [1.29, 1.82) is 0 Å². The van der Waals surface area contributed by atoms with Gasteiger partial charge in [0, 0.05) is 30.5 Å². The lowest BCUT2D eigenvalue weighted by atomic mass is 9.93. The van der Waals surface area contributed by atoms with Crippen LogP contribution >= 0.6 is 0 Å². The Morgan fingerprint density at radius 3 is 2.69 bits per heavy atom. The summed E-state index contributed by atoms with van der Waals surface area (Å²) in [5.74, 6) is 1.35. The number of nitrogens with zero attached hydrogens (tertiary/aromatic N) is 1. The molecule has 1 saturated heterocycles. The van der Waals surface area contributed by atoms with Gasteiger partial charge in [0.25, 0.3) is 5.91 Å². The van der Waals surface area contributed by atoms with Crippen molar-refractivity contribution in [2.75, 3.05) is 26.3 Å². The normalized spacial score (nSPS) is 16.8. The molecule has 2 heterocycles. The van der Waals surface area contributed by atoms with Gasteiger partial charge in [0.15, 0.2) is 17.1 Å². The Morgan fingerprint density at radius 1 is 1.24 bits per heavy atom. The fourth-order valence-electron chi connectivity index (χ4n) is 3.97. The minimum atomic E-state index is -0.296. The lowest BCUT2D eigenvalue weighted by Gasteiger charge is -2.32. The topological polar surface area (TPSA) is 95.0 Å². The zero-order valence-corrected chi connectivity index (χ0v) is 17.5. The molecule has 1 aliphatic rings. The number of piperidine rings is 1. The van der Waals surface area contributed by atoms with Gasteiger partial charge in [-0.15, -0.1) is 0 Å². The predicted octanol–water partition coefficient (Wildman–Crippen LogP) is 3.66. The van der Waals surface area contributed by atoms with Gasteiger partial charge in [-0.2, -0.15) is 0 Å². The molecule has 0 spiro atoms. The third kappa shape index (κ3) is 4.49. The molecule has 0 saturated carbocycles. The molecule has 0 aliphatic carbocycles. The fraction of sp³-hybridized carbons (Fsp3) is 0.545. The number of primary amides is 1. The molecule has 2 amide bonds. The Morgan fingerprint density at radius 2 is 2.00 bits per heavy atom. The van der Waals surface area contributed by atoms with Crippen LogP contribution < -0.4 is 15.2 Å². The van der Waals surface area contributed by atoms with E-state index >= 15 is 0 Å². The molecule has 158 valence electrons. The Labute approximate surface area is 171 Å². The number of carbonyl (C=O) groups is 2. The largest absolute Gasteiger partial charge is 0.490 e. The maximum absolute atomic E-state index is 13.2. The van der Waals surface area contributed by atoms with E-state index in [1.807, 2.05) is 37.8 Å². The number of aryl methyl sites for hydroxylation is 1. The summed E-state index contributed by atoms with van der Waals surface area (Å²) in [6.07, 6.45) is 2.98. The standard InChI is InChI=1S/C22H30N2O5/c1-4-27-17-10-9-16-14(3)19(29-20(16)21(17)28-5-2)22(26)24-12-6-7-15(13-24)8-11-18(23)25/h9-10,15H,4-8,11-13H2,1-3H3,(H2,23,25). The number of hydrogen-bond donors (Lipinski definition) is 1. The first-order valence-electron chi connectivity index (χ1n) is 10.4. The van der Waals surface area contributed by atoms with E-state index in [4.69, 9.17) is 19.6 Å². The second-order valence-electron chi connectivity index (χ2n) is 7.46. The highest BCUT2D eigenvalue weighted by Gasteiger charge is 2.29. The van der Waals surface area contributed by atoms with E-state index in [0.29, 0.717) is 62.0 Å². The maximum atomic E-state index is 13.2. The summed E-state index contributed by atoms with van der Waals surface area (Å²) in [5, 5.41) is 0.850. The number of nitrogens with two attached hydrogens (primary N) is 1. The zero-order chi connectivity index (χ0) is 21.0. The van der Waals surface area contributed by atoms with E-state index in [1.165, 1.54) is 0 Å². The molecule has 0 bridgehead atoms. The van der Waals surface area contributed by atoms with Gasteiger partial charge in [-0.25, -0.2) is 0 Å². The van der Waals surface area contributed by atoms with Crippen LogP contribution in [-0.4, -0.2) is 43.0 Å². The first kappa shape index (κ1) is 21.0. The summed E-state index contributed by atoms with van der Waals surface area (Å²) in [5.41, 5.74) is 6.62. The molecule has 7 nitrogen and oxygen atoms in total. The van der Waals surface area contributed by atoms with Crippen LogP contribution in [0.3, 0.4) is 0 Å². The van der Waals surface area contributed by atoms with Crippen LogP contribution in [-0.2, 0) is 4.79 Å². The van der Waals surface area contributed by atoms with Gasteiger partial charge < -0.3 is 24.5 Å². The molecule has 1 aromatic heterocycles. The van der Waals surface area contributed by atoms with E-state index in [-0.39, 0.29) is 17.7 Å². The summed E-state index contributed by atoms with van der Waals surface area (Å²) < 4.78 is 17.5. The van der Waals surface area contributed by atoms with Crippen molar-refractivity contribution >= 4 is 22.8 Å². The van der Waals surface area contributed by atoms with Crippen LogP contribution in [0.5, 0.6) is 11.5 Å². The van der Waals surface area contributed by atoms with Crippen molar-refractivity contribution in [2.24, 2.45) is 11.7 Å². The summed E-state index contributed by atoms with van der Waals surface area (Å²) >= 11 is 0. The van der Waals surface area contributed by atoms with E-state index < -0.39 is 0 Å². The van der Waals surface area contributed by atoms with Gasteiger partial charge in [0.1, 0.15) is 0 Å². The Bertz CT molecular complexity index is 889. The van der Waals surface area contributed by atoms with Crippen molar-refractivity contribution in [2.45, 2.75) is 46.5 Å². The SMILES string of the molecule is CCOc1ccc2c(C)c(C(=O)N3CCCC(CCC(N)=O)C3)oc2c1OCC. The quantitative estimate of drug-likeness (QED) is 0.727. The minimum absolute atomic E-state index is 0.122. The summed E-state index contributed by atoms with van der Waals surface area (Å²) in [6.45, 7) is 7.98. The second kappa shape index (κ2) is 9.20. The molecule has 2 N–H and O–H groups in total. The molecular weight excluding hydrogens is 372 g/mol. The third-order valence-corrected chi connectivity index (χ3v) is 5.41. The molecule has 3 rings (SSSR count). The molecule has 29 heavy (non-hydrogen) atoms. The van der Waals surface area contributed by atoms with Gasteiger partial charge >= 0.3 is 0 Å². The zero-order valence-electron chi connectivity index (χ0n) is 17.5.